The first kappa shape index (κ1) is 15.1. The minimum Gasteiger partial charge on any atom is -0.469 e. The zero-order chi connectivity index (χ0) is 15.1. The van der Waals surface area contributed by atoms with Crippen molar-refractivity contribution in [3.05, 3.63) is 0 Å². The van der Waals surface area contributed by atoms with Gasteiger partial charge in [0.15, 0.2) is 0 Å². The van der Waals surface area contributed by atoms with Gasteiger partial charge in [-0.15, -0.1) is 11.8 Å². The molecule has 20 heavy (non-hydrogen) atoms. The molecule has 0 aromatic rings. The number of ether oxygens (including phenoxy) is 2. The number of fused-ring (bicyclic) bond motifs is 1. The topological polar surface area (TPSA) is 84.9 Å². The van der Waals surface area contributed by atoms with Gasteiger partial charge in [-0.2, -0.15) is 0 Å². The molecule has 2 rings (SSSR count). The van der Waals surface area contributed by atoms with Gasteiger partial charge in [-0.3, -0.25) is 14.9 Å². The number of esters is 2. The van der Waals surface area contributed by atoms with Gasteiger partial charge in [-0.1, -0.05) is 0 Å². The van der Waals surface area contributed by atoms with Gasteiger partial charge in [0.25, 0.3) is 0 Å². The molecule has 0 aliphatic carbocycles. The molecule has 7 nitrogen and oxygen atoms in total. The highest BCUT2D eigenvalue weighted by Gasteiger charge is 2.59. The van der Waals surface area contributed by atoms with Crippen LogP contribution < -0.4 is 5.32 Å². The van der Waals surface area contributed by atoms with E-state index in [2.05, 4.69) is 10.1 Å². The van der Waals surface area contributed by atoms with Gasteiger partial charge in [0, 0.05) is 0 Å². The zero-order valence-electron chi connectivity index (χ0n) is 11.8. The molecule has 8 heteroatoms. The molecule has 0 aromatic carbocycles. The van der Waals surface area contributed by atoms with Crippen LogP contribution in [0.2, 0.25) is 0 Å². The van der Waals surface area contributed by atoms with Crippen molar-refractivity contribution in [3.8, 4) is 0 Å². The lowest BCUT2D eigenvalue weighted by molar-refractivity contribution is -0.165. The molecule has 3 unspecified atom stereocenters. The molecule has 0 spiro atoms. The van der Waals surface area contributed by atoms with Crippen LogP contribution in [-0.2, 0) is 23.9 Å². The number of methoxy groups -OCH3 is 2. The second-order valence-electron chi connectivity index (χ2n) is 5.21. The monoisotopic (exact) mass is 302 g/mol. The maximum Gasteiger partial charge on any atom is 0.329 e. The highest BCUT2D eigenvalue weighted by atomic mass is 32.2. The fourth-order valence-electron chi connectivity index (χ4n) is 2.46. The molecule has 112 valence electrons. The first-order chi connectivity index (χ1) is 9.30. The SMILES string of the molecule is COC(=O)CC(C(=O)OC)N1C(=O)C2NC(C)(C)SC21. The number of carbonyl (C=O) groups excluding carboxylic acids is 3. The summed E-state index contributed by atoms with van der Waals surface area (Å²) in [6.45, 7) is 3.93. The number of likely N-dealkylation sites (tertiary alicyclic amines) is 1. The number of hydrogen-bond acceptors (Lipinski definition) is 7. The summed E-state index contributed by atoms with van der Waals surface area (Å²) >= 11 is 1.55. The van der Waals surface area contributed by atoms with Gasteiger partial charge in [0.2, 0.25) is 5.91 Å². The van der Waals surface area contributed by atoms with Gasteiger partial charge >= 0.3 is 11.9 Å². The quantitative estimate of drug-likeness (QED) is 0.564. The molecule has 0 saturated carbocycles. The third-order valence-electron chi connectivity index (χ3n) is 3.40. The number of nitrogens with zero attached hydrogens (tertiary/aromatic N) is 1. The minimum absolute atomic E-state index is 0.161. The minimum atomic E-state index is -0.926. The highest BCUT2D eigenvalue weighted by Crippen LogP contribution is 2.45. The Morgan fingerprint density at radius 1 is 1.40 bits per heavy atom. The molecular weight excluding hydrogens is 284 g/mol. The second-order valence-corrected chi connectivity index (χ2v) is 6.94. The maximum atomic E-state index is 12.2. The summed E-state index contributed by atoms with van der Waals surface area (Å²) in [5.41, 5.74) is 0. The van der Waals surface area contributed by atoms with Crippen molar-refractivity contribution < 1.29 is 23.9 Å². The Labute approximate surface area is 121 Å². The van der Waals surface area contributed by atoms with E-state index in [1.807, 2.05) is 13.8 Å². The van der Waals surface area contributed by atoms with E-state index in [0.29, 0.717) is 0 Å². The van der Waals surface area contributed by atoms with Crippen LogP contribution in [0.4, 0.5) is 0 Å². The first-order valence-electron chi connectivity index (χ1n) is 6.23. The molecule has 0 aromatic heterocycles. The predicted octanol–water partition coefficient (Wildman–Crippen LogP) is -0.299. The molecule has 1 amide bonds. The molecular formula is C12H18N2O5S. The third kappa shape index (κ3) is 2.49. The molecule has 2 saturated heterocycles. The van der Waals surface area contributed by atoms with Crippen LogP contribution in [0.15, 0.2) is 0 Å². The molecule has 2 heterocycles. The van der Waals surface area contributed by atoms with E-state index >= 15 is 0 Å². The average molecular weight is 302 g/mol. The van der Waals surface area contributed by atoms with E-state index in [-0.39, 0.29) is 28.6 Å². The van der Waals surface area contributed by atoms with Crippen molar-refractivity contribution in [2.24, 2.45) is 0 Å². The van der Waals surface area contributed by atoms with E-state index < -0.39 is 18.0 Å². The Morgan fingerprint density at radius 3 is 2.60 bits per heavy atom. The third-order valence-corrected chi connectivity index (χ3v) is 4.84. The van der Waals surface area contributed by atoms with Crippen LogP contribution in [0.1, 0.15) is 20.3 Å². The molecule has 1 N–H and O–H groups in total. The van der Waals surface area contributed by atoms with Crippen LogP contribution >= 0.6 is 11.8 Å². The Hall–Kier alpha value is -1.28. The van der Waals surface area contributed by atoms with Gasteiger partial charge in [0.1, 0.15) is 17.5 Å². The number of thioether (sulfide) groups is 1. The van der Waals surface area contributed by atoms with Crippen LogP contribution in [0.5, 0.6) is 0 Å². The predicted molar refractivity (Wildman–Crippen MR) is 71.7 cm³/mol. The number of carbonyl (C=O) groups is 3. The van der Waals surface area contributed by atoms with Crippen LogP contribution in [0, 0.1) is 0 Å². The second kappa shape index (κ2) is 5.25. The standard InChI is InChI=1S/C12H18N2O5S/c1-12(2)13-8-9(16)14(10(8)20-12)6(11(17)19-4)5-7(15)18-3/h6,8,10,13H,5H2,1-4H3. The van der Waals surface area contributed by atoms with E-state index in [1.54, 1.807) is 11.8 Å². The summed E-state index contributed by atoms with van der Waals surface area (Å²) in [5, 5.41) is 3.03. The Morgan fingerprint density at radius 2 is 2.05 bits per heavy atom. The number of β-lactam (4-membered cyclic amide) rings is 1. The van der Waals surface area contributed by atoms with E-state index in [0.717, 1.165) is 0 Å². The summed E-state index contributed by atoms with van der Waals surface area (Å²) in [6.07, 6.45) is -0.195. The lowest BCUT2D eigenvalue weighted by Crippen LogP contribution is -2.69. The average Bonchev–Trinajstić information content (AvgIpc) is 2.69. The van der Waals surface area contributed by atoms with Gasteiger partial charge in [-0.25, -0.2) is 4.79 Å². The van der Waals surface area contributed by atoms with Crippen molar-refractivity contribution in [2.75, 3.05) is 14.2 Å². The van der Waals surface area contributed by atoms with Gasteiger partial charge in [-0.05, 0) is 13.8 Å². The molecule has 0 radical (unpaired) electrons. The number of amides is 1. The summed E-state index contributed by atoms with van der Waals surface area (Å²) < 4.78 is 9.27. The number of hydrogen-bond donors (Lipinski definition) is 1. The van der Waals surface area contributed by atoms with E-state index in [9.17, 15) is 14.4 Å². The van der Waals surface area contributed by atoms with Crippen molar-refractivity contribution in [2.45, 2.75) is 42.6 Å². The van der Waals surface area contributed by atoms with E-state index in [4.69, 9.17) is 4.74 Å². The first-order valence-corrected chi connectivity index (χ1v) is 7.11. The summed E-state index contributed by atoms with van der Waals surface area (Å²) in [7, 11) is 2.48. The van der Waals surface area contributed by atoms with Crippen molar-refractivity contribution in [3.63, 3.8) is 0 Å². The van der Waals surface area contributed by atoms with Gasteiger partial charge in [0.05, 0.1) is 25.5 Å². The lowest BCUT2D eigenvalue weighted by Gasteiger charge is -2.45. The van der Waals surface area contributed by atoms with Crippen LogP contribution in [0.25, 0.3) is 0 Å². The normalized spacial score (nSPS) is 28.4. The summed E-state index contributed by atoms with van der Waals surface area (Å²) in [4.78, 5) is 36.6. The molecule has 3 atom stereocenters. The van der Waals surface area contributed by atoms with Crippen LogP contribution in [0.3, 0.4) is 0 Å². The zero-order valence-corrected chi connectivity index (χ0v) is 12.7. The fourth-order valence-corrected chi connectivity index (χ4v) is 3.94. The summed E-state index contributed by atoms with van der Waals surface area (Å²) in [5.74, 6) is -1.34. The van der Waals surface area contributed by atoms with Crippen molar-refractivity contribution in [1.29, 1.82) is 0 Å². The molecule has 2 aliphatic heterocycles. The maximum absolute atomic E-state index is 12.2. The van der Waals surface area contributed by atoms with Crippen LogP contribution in [-0.4, -0.2) is 59.3 Å². The van der Waals surface area contributed by atoms with Crippen molar-refractivity contribution in [1.82, 2.24) is 10.2 Å². The molecule has 0 bridgehead atoms. The van der Waals surface area contributed by atoms with Crippen molar-refractivity contribution >= 4 is 29.6 Å². The Kier molecular flexibility index (Phi) is 3.97. The molecule has 2 aliphatic rings. The van der Waals surface area contributed by atoms with E-state index in [1.165, 1.54) is 19.1 Å². The number of nitrogens with one attached hydrogen (secondary N) is 1. The lowest BCUT2D eigenvalue weighted by atomic mass is 10.0. The fraction of sp³-hybridized carbons (Fsp3) is 0.750. The number of rotatable bonds is 4. The summed E-state index contributed by atoms with van der Waals surface area (Å²) in [6, 6.07) is -1.23. The van der Waals surface area contributed by atoms with Gasteiger partial charge < -0.3 is 14.4 Å². The Bertz CT molecular complexity index is 453. The largest absolute Gasteiger partial charge is 0.469 e. The molecule has 2 fully saturated rings. The Balaban J connectivity index is 2.16. The smallest absolute Gasteiger partial charge is 0.329 e. The highest BCUT2D eigenvalue weighted by molar-refractivity contribution is 8.01.